The first-order chi connectivity index (χ1) is 10.6. The minimum absolute atomic E-state index is 0.169. The summed E-state index contributed by atoms with van der Waals surface area (Å²) in [5.74, 6) is -0.169. The Hall–Kier alpha value is -2.46. The molecule has 4 heteroatoms. The Bertz CT molecular complexity index is 850. The lowest BCUT2D eigenvalue weighted by Crippen LogP contribution is -2.07. The minimum Gasteiger partial charge on any atom is -0.298 e. The maximum atomic E-state index is 12.0. The smallest absolute Gasteiger partial charge is 0.250 e. The van der Waals surface area contributed by atoms with Crippen LogP contribution in [0.5, 0.6) is 0 Å². The molecule has 0 saturated heterocycles. The van der Waals surface area contributed by atoms with E-state index in [-0.39, 0.29) is 5.91 Å². The van der Waals surface area contributed by atoms with Gasteiger partial charge >= 0.3 is 0 Å². The van der Waals surface area contributed by atoms with Crippen LogP contribution in [0.4, 0.5) is 5.13 Å². The second kappa shape index (κ2) is 6.12. The van der Waals surface area contributed by atoms with E-state index >= 15 is 0 Å². The zero-order valence-electron chi connectivity index (χ0n) is 12.5. The van der Waals surface area contributed by atoms with Gasteiger partial charge in [0.1, 0.15) is 0 Å². The number of hydrogen-bond donors (Lipinski definition) is 1. The topological polar surface area (TPSA) is 42.0 Å². The Morgan fingerprint density at radius 3 is 2.73 bits per heavy atom. The van der Waals surface area contributed by atoms with E-state index in [9.17, 15) is 4.79 Å². The van der Waals surface area contributed by atoms with Crippen molar-refractivity contribution < 1.29 is 4.79 Å². The van der Waals surface area contributed by atoms with E-state index in [2.05, 4.69) is 29.4 Å². The van der Waals surface area contributed by atoms with Crippen molar-refractivity contribution in [2.24, 2.45) is 0 Å². The number of aryl methyl sites for hydroxylation is 2. The largest absolute Gasteiger partial charge is 0.298 e. The molecule has 3 nitrogen and oxygen atoms in total. The van der Waals surface area contributed by atoms with Crippen molar-refractivity contribution in [2.45, 2.75) is 13.8 Å². The molecule has 0 fully saturated rings. The van der Waals surface area contributed by atoms with Gasteiger partial charge in [-0.25, -0.2) is 4.98 Å². The predicted molar refractivity (Wildman–Crippen MR) is 93.2 cm³/mol. The first-order valence-corrected chi connectivity index (χ1v) is 7.85. The van der Waals surface area contributed by atoms with E-state index in [1.54, 1.807) is 6.08 Å². The van der Waals surface area contributed by atoms with Crippen LogP contribution in [0.3, 0.4) is 0 Å². The van der Waals surface area contributed by atoms with E-state index in [0.29, 0.717) is 5.13 Å². The number of rotatable bonds is 3. The molecule has 1 heterocycles. The molecule has 1 aromatic heterocycles. The third-order valence-electron chi connectivity index (χ3n) is 3.29. The van der Waals surface area contributed by atoms with Gasteiger partial charge in [0.2, 0.25) is 5.91 Å². The lowest BCUT2D eigenvalue weighted by Gasteiger charge is -1.96. The molecule has 0 aliphatic rings. The van der Waals surface area contributed by atoms with Crippen LogP contribution in [-0.4, -0.2) is 10.9 Å². The van der Waals surface area contributed by atoms with Gasteiger partial charge in [-0.2, -0.15) is 0 Å². The second-order valence-corrected chi connectivity index (χ2v) is 6.21. The van der Waals surface area contributed by atoms with Crippen molar-refractivity contribution in [1.29, 1.82) is 0 Å². The number of aromatic nitrogens is 1. The molecule has 0 saturated carbocycles. The van der Waals surface area contributed by atoms with Gasteiger partial charge in [-0.15, -0.1) is 0 Å². The summed E-state index contributed by atoms with van der Waals surface area (Å²) in [6, 6.07) is 13.9. The Morgan fingerprint density at radius 1 is 1.18 bits per heavy atom. The summed E-state index contributed by atoms with van der Waals surface area (Å²) in [6.45, 7) is 4.10. The molecule has 1 N–H and O–H groups in total. The number of carbonyl (C=O) groups excluding carboxylic acids is 1. The highest BCUT2D eigenvalue weighted by atomic mass is 32.1. The fourth-order valence-corrected chi connectivity index (χ4v) is 3.35. The van der Waals surface area contributed by atoms with E-state index in [0.717, 1.165) is 21.3 Å². The van der Waals surface area contributed by atoms with Gasteiger partial charge in [-0.3, -0.25) is 10.1 Å². The monoisotopic (exact) mass is 308 g/mol. The number of hydrogen-bond acceptors (Lipinski definition) is 3. The maximum absolute atomic E-state index is 12.0. The summed E-state index contributed by atoms with van der Waals surface area (Å²) >= 11 is 1.50. The Balaban J connectivity index is 1.77. The van der Waals surface area contributed by atoms with Gasteiger partial charge < -0.3 is 0 Å². The van der Waals surface area contributed by atoms with Gasteiger partial charge in [-0.1, -0.05) is 47.7 Å². The van der Waals surface area contributed by atoms with Crippen LogP contribution < -0.4 is 5.32 Å². The van der Waals surface area contributed by atoms with Gasteiger partial charge in [0.25, 0.3) is 0 Å². The van der Waals surface area contributed by atoms with Gasteiger partial charge in [-0.05, 0) is 42.7 Å². The maximum Gasteiger partial charge on any atom is 0.250 e. The van der Waals surface area contributed by atoms with E-state index < -0.39 is 0 Å². The average molecular weight is 308 g/mol. The molecule has 0 bridgehead atoms. The zero-order chi connectivity index (χ0) is 15.5. The Labute approximate surface area is 133 Å². The van der Waals surface area contributed by atoms with Gasteiger partial charge in [0.15, 0.2) is 5.13 Å². The highest BCUT2D eigenvalue weighted by Crippen LogP contribution is 2.29. The zero-order valence-corrected chi connectivity index (χ0v) is 13.3. The van der Waals surface area contributed by atoms with Crippen molar-refractivity contribution in [1.82, 2.24) is 4.98 Å². The van der Waals surface area contributed by atoms with Crippen LogP contribution >= 0.6 is 11.3 Å². The van der Waals surface area contributed by atoms with Crippen LogP contribution in [-0.2, 0) is 4.79 Å². The number of benzene rings is 2. The summed E-state index contributed by atoms with van der Waals surface area (Å²) in [6.07, 6.45) is 3.32. The van der Waals surface area contributed by atoms with Crippen LogP contribution in [0, 0.1) is 13.8 Å². The SMILES string of the molecule is Cc1cc(C)c2nc(NC(=O)/C=C/c3ccccc3)sc2c1. The number of thiazole rings is 1. The van der Waals surface area contributed by atoms with Gasteiger partial charge in [0, 0.05) is 6.08 Å². The number of carbonyl (C=O) groups is 1. The summed E-state index contributed by atoms with van der Waals surface area (Å²) in [7, 11) is 0. The summed E-state index contributed by atoms with van der Waals surface area (Å²) in [5, 5.41) is 3.46. The second-order valence-electron chi connectivity index (χ2n) is 5.18. The molecule has 0 aliphatic carbocycles. The molecular weight excluding hydrogens is 292 g/mol. The molecule has 0 radical (unpaired) electrons. The van der Waals surface area contributed by atoms with Crippen LogP contribution in [0.2, 0.25) is 0 Å². The first-order valence-electron chi connectivity index (χ1n) is 7.04. The summed E-state index contributed by atoms with van der Waals surface area (Å²) < 4.78 is 1.10. The fraction of sp³-hybridized carbons (Fsp3) is 0.111. The average Bonchev–Trinajstić information content (AvgIpc) is 2.89. The molecule has 0 aliphatic heterocycles. The van der Waals surface area contributed by atoms with E-state index in [1.807, 2.05) is 37.3 Å². The number of fused-ring (bicyclic) bond motifs is 1. The molecule has 0 spiro atoms. The molecule has 1 amide bonds. The summed E-state index contributed by atoms with van der Waals surface area (Å²) in [5.41, 5.74) is 4.29. The van der Waals surface area contributed by atoms with Crippen LogP contribution in [0.25, 0.3) is 16.3 Å². The van der Waals surface area contributed by atoms with Crippen molar-refractivity contribution in [2.75, 3.05) is 5.32 Å². The molecule has 0 atom stereocenters. The number of amides is 1. The predicted octanol–water partition coefficient (Wildman–Crippen LogP) is 4.57. The highest BCUT2D eigenvalue weighted by molar-refractivity contribution is 7.22. The molecule has 3 rings (SSSR count). The molecular formula is C18H16N2OS. The number of nitrogens with zero attached hydrogens (tertiary/aromatic N) is 1. The normalized spacial score (nSPS) is 11.2. The molecule has 0 unspecified atom stereocenters. The number of anilines is 1. The summed E-state index contributed by atoms with van der Waals surface area (Å²) in [4.78, 5) is 16.5. The number of nitrogens with one attached hydrogen (secondary N) is 1. The molecule has 3 aromatic rings. The van der Waals surface area contributed by atoms with Crippen molar-refractivity contribution in [3.05, 3.63) is 65.2 Å². The van der Waals surface area contributed by atoms with E-state index in [4.69, 9.17) is 0 Å². The minimum atomic E-state index is -0.169. The van der Waals surface area contributed by atoms with Gasteiger partial charge in [0.05, 0.1) is 10.2 Å². The van der Waals surface area contributed by atoms with Crippen molar-refractivity contribution >= 4 is 38.7 Å². The van der Waals surface area contributed by atoms with Crippen LogP contribution in [0.15, 0.2) is 48.5 Å². The Kier molecular flexibility index (Phi) is 4.02. The van der Waals surface area contributed by atoms with Crippen molar-refractivity contribution in [3.63, 3.8) is 0 Å². The lowest BCUT2D eigenvalue weighted by molar-refractivity contribution is -0.111. The van der Waals surface area contributed by atoms with Crippen LogP contribution in [0.1, 0.15) is 16.7 Å². The molecule has 2 aromatic carbocycles. The Morgan fingerprint density at radius 2 is 1.95 bits per heavy atom. The standard InChI is InChI=1S/C18H16N2OS/c1-12-10-13(2)17-15(11-12)22-18(20-17)19-16(21)9-8-14-6-4-3-5-7-14/h3-11H,1-2H3,(H,19,20,21)/b9-8+. The third kappa shape index (κ3) is 3.23. The molecule has 22 heavy (non-hydrogen) atoms. The molecule has 110 valence electrons. The quantitative estimate of drug-likeness (QED) is 0.720. The van der Waals surface area contributed by atoms with Crippen molar-refractivity contribution in [3.8, 4) is 0 Å². The fourth-order valence-electron chi connectivity index (χ4n) is 2.31. The van der Waals surface area contributed by atoms with E-state index in [1.165, 1.54) is 23.0 Å². The first kappa shape index (κ1) is 14.5. The highest BCUT2D eigenvalue weighted by Gasteiger charge is 2.08. The lowest BCUT2D eigenvalue weighted by atomic mass is 10.1. The third-order valence-corrected chi connectivity index (χ3v) is 4.20.